The molecule has 0 radical (unpaired) electrons. The minimum atomic E-state index is -4.37. The summed E-state index contributed by atoms with van der Waals surface area (Å²) in [5.41, 5.74) is 2.33. The standard InChI is InChI=1S/C21H21F3N2O2S/c1-12(18-7-8-19(29-18)28-11-21(22,23)24)25-20(27)15-9-14(15)16-10-26(2)17-6-4-3-5-13(16)17/h3-8,10,12,14-15H,9,11H2,1-2H3,(H,25,27)/t12-,14-,15-/m1/s1. The minimum absolute atomic E-state index is 0.0263. The number of thiophene rings is 1. The van der Waals surface area contributed by atoms with Crippen molar-refractivity contribution in [3.63, 3.8) is 0 Å². The Bertz CT molecular complexity index is 1040. The normalized spacial score (nSPS) is 19.9. The smallest absolute Gasteiger partial charge is 0.422 e. The van der Waals surface area contributed by atoms with Crippen LogP contribution >= 0.6 is 11.3 Å². The summed E-state index contributed by atoms with van der Waals surface area (Å²) in [6.07, 6.45) is -1.47. The number of amides is 1. The van der Waals surface area contributed by atoms with Gasteiger partial charge in [0.1, 0.15) is 0 Å². The monoisotopic (exact) mass is 422 g/mol. The first-order chi connectivity index (χ1) is 13.7. The van der Waals surface area contributed by atoms with Gasteiger partial charge in [-0.15, -0.1) is 11.3 Å². The predicted octanol–water partition coefficient (Wildman–Crippen LogP) is 5.16. The zero-order valence-corrected chi connectivity index (χ0v) is 16.8. The fourth-order valence-electron chi connectivity index (χ4n) is 3.69. The van der Waals surface area contributed by atoms with Gasteiger partial charge in [-0.2, -0.15) is 13.2 Å². The number of carbonyl (C=O) groups excluding carboxylic acids is 1. The third-order valence-corrected chi connectivity index (χ3v) is 6.40. The van der Waals surface area contributed by atoms with Crippen molar-refractivity contribution in [2.75, 3.05) is 6.61 Å². The number of rotatable bonds is 6. The maximum atomic E-state index is 12.7. The van der Waals surface area contributed by atoms with E-state index in [4.69, 9.17) is 4.74 Å². The van der Waals surface area contributed by atoms with Crippen LogP contribution in [0.4, 0.5) is 13.2 Å². The molecule has 0 aliphatic heterocycles. The lowest BCUT2D eigenvalue weighted by molar-refractivity contribution is -0.152. The molecule has 1 amide bonds. The van der Waals surface area contributed by atoms with Crippen molar-refractivity contribution in [1.29, 1.82) is 0 Å². The van der Waals surface area contributed by atoms with Crippen molar-refractivity contribution in [2.45, 2.75) is 31.5 Å². The molecule has 1 aromatic carbocycles. The predicted molar refractivity (Wildman–Crippen MR) is 106 cm³/mol. The molecule has 0 unspecified atom stereocenters. The molecule has 154 valence electrons. The van der Waals surface area contributed by atoms with Gasteiger partial charge < -0.3 is 14.6 Å². The number of benzene rings is 1. The highest BCUT2D eigenvalue weighted by atomic mass is 32.1. The largest absolute Gasteiger partial charge is 0.475 e. The molecule has 4 rings (SSSR count). The van der Waals surface area contributed by atoms with E-state index in [0.29, 0.717) is 0 Å². The van der Waals surface area contributed by atoms with Crippen molar-refractivity contribution in [2.24, 2.45) is 13.0 Å². The van der Waals surface area contributed by atoms with Gasteiger partial charge in [-0.1, -0.05) is 18.2 Å². The van der Waals surface area contributed by atoms with Gasteiger partial charge >= 0.3 is 6.18 Å². The maximum Gasteiger partial charge on any atom is 0.422 e. The highest BCUT2D eigenvalue weighted by Gasteiger charge is 2.45. The summed E-state index contributed by atoms with van der Waals surface area (Å²) in [6.45, 7) is 0.509. The van der Waals surface area contributed by atoms with Crippen molar-refractivity contribution >= 4 is 28.1 Å². The van der Waals surface area contributed by atoms with Gasteiger partial charge in [-0.25, -0.2) is 0 Å². The summed E-state index contributed by atoms with van der Waals surface area (Å²) >= 11 is 1.12. The van der Waals surface area contributed by atoms with E-state index in [1.165, 1.54) is 17.0 Å². The first-order valence-electron chi connectivity index (χ1n) is 9.36. The lowest BCUT2D eigenvalue weighted by atomic mass is 10.1. The first-order valence-corrected chi connectivity index (χ1v) is 10.2. The number of hydrogen-bond acceptors (Lipinski definition) is 3. The van der Waals surface area contributed by atoms with Crippen LogP contribution in [0, 0.1) is 5.92 Å². The fourth-order valence-corrected chi connectivity index (χ4v) is 4.54. The van der Waals surface area contributed by atoms with Crippen molar-refractivity contribution < 1.29 is 22.7 Å². The molecule has 3 atom stereocenters. The third-order valence-electron chi connectivity index (χ3n) is 5.22. The summed E-state index contributed by atoms with van der Waals surface area (Å²) in [7, 11) is 2.00. The fraction of sp³-hybridized carbons (Fsp3) is 0.381. The van der Waals surface area contributed by atoms with Crippen LogP contribution in [0.2, 0.25) is 0 Å². The third kappa shape index (κ3) is 4.27. The molecule has 8 heteroatoms. The summed E-state index contributed by atoms with van der Waals surface area (Å²) in [4.78, 5) is 13.4. The average Bonchev–Trinajstić information content (AvgIpc) is 3.19. The number of fused-ring (bicyclic) bond motifs is 1. The molecule has 0 saturated heterocycles. The first kappa shape index (κ1) is 19.8. The number of ether oxygens (including phenoxy) is 1. The van der Waals surface area contributed by atoms with E-state index in [0.717, 1.165) is 28.2 Å². The number of nitrogens with zero attached hydrogens (tertiary/aromatic N) is 1. The molecule has 1 saturated carbocycles. The number of aromatic nitrogens is 1. The molecule has 2 heterocycles. The molecule has 2 aromatic heterocycles. The topological polar surface area (TPSA) is 43.3 Å². The van der Waals surface area contributed by atoms with E-state index in [9.17, 15) is 18.0 Å². The highest BCUT2D eigenvalue weighted by molar-refractivity contribution is 7.13. The zero-order valence-electron chi connectivity index (χ0n) is 16.0. The molecular weight excluding hydrogens is 401 g/mol. The van der Waals surface area contributed by atoms with Crippen molar-refractivity contribution in [1.82, 2.24) is 9.88 Å². The van der Waals surface area contributed by atoms with Crippen LogP contribution in [0.15, 0.2) is 42.6 Å². The van der Waals surface area contributed by atoms with E-state index in [2.05, 4.69) is 28.2 Å². The summed E-state index contributed by atoms with van der Waals surface area (Å²) < 4.78 is 43.7. The Hall–Kier alpha value is -2.48. The lowest BCUT2D eigenvalue weighted by Crippen LogP contribution is -2.27. The molecule has 1 N–H and O–H groups in total. The van der Waals surface area contributed by atoms with Crippen LogP contribution in [0.3, 0.4) is 0 Å². The Morgan fingerprint density at radius 2 is 2.07 bits per heavy atom. The van der Waals surface area contributed by atoms with Gasteiger partial charge in [-0.05, 0) is 43.0 Å². The summed E-state index contributed by atoms with van der Waals surface area (Å²) in [5, 5.41) is 4.35. The number of alkyl halides is 3. The zero-order chi connectivity index (χ0) is 20.8. The number of aryl methyl sites for hydroxylation is 1. The number of halogens is 3. The average molecular weight is 422 g/mol. The van der Waals surface area contributed by atoms with Gasteiger partial charge in [-0.3, -0.25) is 4.79 Å². The van der Waals surface area contributed by atoms with Gasteiger partial charge in [0, 0.05) is 34.9 Å². The van der Waals surface area contributed by atoms with Gasteiger partial charge in [0.05, 0.1) is 6.04 Å². The molecule has 0 spiro atoms. The van der Waals surface area contributed by atoms with Crippen LogP contribution in [-0.2, 0) is 11.8 Å². The van der Waals surface area contributed by atoms with E-state index < -0.39 is 12.8 Å². The maximum absolute atomic E-state index is 12.7. The van der Waals surface area contributed by atoms with Gasteiger partial charge in [0.2, 0.25) is 5.91 Å². The van der Waals surface area contributed by atoms with Crippen LogP contribution in [0.25, 0.3) is 10.9 Å². The van der Waals surface area contributed by atoms with Crippen LogP contribution in [0.1, 0.15) is 35.7 Å². The SMILES string of the molecule is C[C@@H](NC(=O)[C@@H]1C[C@H]1c1cn(C)c2ccccc12)c1ccc(OCC(F)(F)F)s1. The van der Waals surface area contributed by atoms with E-state index in [-0.39, 0.29) is 28.8 Å². The number of para-hydroxylation sites is 1. The number of carbonyl (C=O) groups is 1. The van der Waals surface area contributed by atoms with Gasteiger partial charge in [0.25, 0.3) is 0 Å². The molecule has 4 nitrogen and oxygen atoms in total. The molecule has 29 heavy (non-hydrogen) atoms. The molecule has 1 aliphatic rings. The molecular formula is C21H21F3N2O2S. The van der Waals surface area contributed by atoms with Gasteiger partial charge in [0.15, 0.2) is 11.7 Å². The lowest BCUT2D eigenvalue weighted by Gasteiger charge is -2.12. The minimum Gasteiger partial charge on any atom is -0.475 e. The van der Waals surface area contributed by atoms with Crippen LogP contribution in [-0.4, -0.2) is 23.3 Å². The highest BCUT2D eigenvalue weighted by Crippen LogP contribution is 2.50. The second kappa shape index (κ2) is 7.40. The second-order valence-corrected chi connectivity index (χ2v) is 8.53. The Balaban J connectivity index is 1.37. The molecule has 1 aliphatic carbocycles. The summed E-state index contributed by atoms with van der Waals surface area (Å²) in [6, 6.07) is 11.0. The van der Waals surface area contributed by atoms with E-state index in [1.54, 1.807) is 6.07 Å². The van der Waals surface area contributed by atoms with Crippen molar-refractivity contribution in [3.05, 3.63) is 53.0 Å². The Morgan fingerprint density at radius 1 is 1.31 bits per heavy atom. The summed E-state index contributed by atoms with van der Waals surface area (Å²) in [5.74, 6) is 0.0908. The van der Waals surface area contributed by atoms with E-state index >= 15 is 0 Å². The number of nitrogens with one attached hydrogen (secondary N) is 1. The quantitative estimate of drug-likeness (QED) is 0.596. The molecule has 1 fully saturated rings. The molecule has 0 bridgehead atoms. The van der Waals surface area contributed by atoms with Crippen LogP contribution in [0.5, 0.6) is 5.06 Å². The number of hydrogen-bond donors (Lipinski definition) is 1. The van der Waals surface area contributed by atoms with Crippen LogP contribution < -0.4 is 10.1 Å². The Kier molecular flexibility index (Phi) is 5.06. The van der Waals surface area contributed by atoms with E-state index in [1.807, 2.05) is 26.1 Å². The Labute approximate surface area is 170 Å². The Morgan fingerprint density at radius 3 is 2.83 bits per heavy atom. The second-order valence-electron chi connectivity index (χ2n) is 7.45. The van der Waals surface area contributed by atoms with Crippen molar-refractivity contribution in [3.8, 4) is 5.06 Å². The molecule has 3 aromatic rings.